The van der Waals surface area contributed by atoms with E-state index in [0.717, 1.165) is 27.9 Å². The van der Waals surface area contributed by atoms with Gasteiger partial charge in [-0.3, -0.25) is 4.79 Å². The van der Waals surface area contributed by atoms with Crippen LogP contribution in [0.4, 0.5) is 5.69 Å². The van der Waals surface area contributed by atoms with Crippen LogP contribution in [-0.2, 0) is 11.2 Å². The Morgan fingerprint density at radius 1 is 1.07 bits per heavy atom. The van der Waals surface area contributed by atoms with E-state index >= 15 is 0 Å². The third-order valence-corrected chi connectivity index (χ3v) is 4.94. The zero-order chi connectivity index (χ0) is 20.9. The van der Waals surface area contributed by atoms with Gasteiger partial charge in [-0.25, -0.2) is 4.98 Å². The maximum Gasteiger partial charge on any atom is 0.230 e. The van der Waals surface area contributed by atoms with E-state index in [1.165, 1.54) is 12.4 Å². The van der Waals surface area contributed by atoms with Gasteiger partial charge in [0.25, 0.3) is 0 Å². The molecule has 1 amide bonds. The number of nitrogens with one attached hydrogen (secondary N) is 2. The van der Waals surface area contributed by atoms with Gasteiger partial charge in [0.05, 0.1) is 24.5 Å². The highest BCUT2D eigenvalue weighted by atomic mass is 16.1. The number of imidazole rings is 1. The van der Waals surface area contributed by atoms with Crippen LogP contribution in [0.1, 0.15) is 11.3 Å². The summed E-state index contributed by atoms with van der Waals surface area (Å²) in [5.74, 6) is -0.122. The predicted molar refractivity (Wildman–Crippen MR) is 120 cm³/mol. The van der Waals surface area contributed by atoms with Crippen LogP contribution in [0, 0.1) is 5.41 Å². The lowest BCUT2D eigenvalue weighted by molar-refractivity contribution is -0.115. The fraction of sp³-hybridized carbons (Fsp3) is 0.0417. The molecule has 0 unspecified atom stereocenters. The highest BCUT2D eigenvalue weighted by molar-refractivity contribution is 6.08. The van der Waals surface area contributed by atoms with Gasteiger partial charge in [0.2, 0.25) is 5.91 Å². The summed E-state index contributed by atoms with van der Waals surface area (Å²) in [6.45, 7) is 0. The van der Waals surface area contributed by atoms with Crippen LogP contribution >= 0.6 is 0 Å². The Kier molecular flexibility index (Phi) is 5.39. The minimum absolute atomic E-state index is 0.122. The van der Waals surface area contributed by atoms with E-state index in [0.29, 0.717) is 11.3 Å². The number of carbonyl (C=O) groups excluding carboxylic acids is 1. The Morgan fingerprint density at radius 3 is 2.53 bits per heavy atom. The lowest BCUT2D eigenvalue weighted by Crippen LogP contribution is -2.17. The number of fused-ring (bicyclic) bond motifs is 1. The summed E-state index contributed by atoms with van der Waals surface area (Å²) in [5.41, 5.74) is 11.5. The van der Waals surface area contributed by atoms with Crippen molar-refractivity contribution in [2.24, 2.45) is 5.73 Å². The molecule has 0 spiro atoms. The number of allylic oxidation sites excluding steroid dienone is 1. The number of anilines is 1. The maximum absolute atomic E-state index is 12.8. The molecule has 0 aliphatic rings. The van der Waals surface area contributed by atoms with Gasteiger partial charge in [0.1, 0.15) is 0 Å². The van der Waals surface area contributed by atoms with Gasteiger partial charge >= 0.3 is 0 Å². The minimum atomic E-state index is -0.122. The second-order valence-electron chi connectivity index (χ2n) is 6.82. The Hall–Kier alpha value is -4.19. The number of pyridine rings is 1. The van der Waals surface area contributed by atoms with Crippen molar-refractivity contribution in [2.45, 2.75) is 6.42 Å². The monoisotopic (exact) mass is 395 g/mol. The number of hydrogen-bond donors (Lipinski definition) is 3. The number of amides is 1. The fourth-order valence-electron chi connectivity index (χ4n) is 3.44. The van der Waals surface area contributed by atoms with Gasteiger partial charge in [0.15, 0.2) is 0 Å². The lowest BCUT2D eigenvalue weighted by Gasteiger charge is -2.13. The molecule has 2 aromatic carbocycles. The molecule has 0 atom stereocenters. The number of benzene rings is 2. The number of aromatic nitrogens is 2. The maximum atomic E-state index is 12.8. The van der Waals surface area contributed by atoms with E-state index in [-0.39, 0.29) is 12.3 Å². The average Bonchev–Trinajstić information content (AvgIpc) is 3.26. The summed E-state index contributed by atoms with van der Waals surface area (Å²) in [6, 6.07) is 21.3. The highest BCUT2D eigenvalue weighted by Crippen LogP contribution is 2.26. The van der Waals surface area contributed by atoms with Crippen LogP contribution in [0.25, 0.3) is 22.2 Å². The number of nitrogens with zero attached hydrogens (tertiary/aromatic N) is 2. The quantitative estimate of drug-likeness (QED) is 0.428. The molecule has 148 valence electrons. The number of rotatable bonds is 6. The predicted octanol–water partition coefficient (Wildman–Crippen LogP) is 4.13. The van der Waals surface area contributed by atoms with E-state index in [1.54, 1.807) is 24.7 Å². The van der Waals surface area contributed by atoms with E-state index in [1.807, 2.05) is 59.0 Å². The zero-order valence-corrected chi connectivity index (χ0v) is 16.2. The van der Waals surface area contributed by atoms with Crippen molar-refractivity contribution >= 4 is 28.9 Å². The van der Waals surface area contributed by atoms with Crippen LogP contribution in [0.5, 0.6) is 0 Å². The molecule has 0 fully saturated rings. The highest BCUT2D eigenvalue weighted by Gasteiger charge is 2.14. The van der Waals surface area contributed by atoms with Gasteiger partial charge in [-0.05, 0) is 29.3 Å². The minimum Gasteiger partial charge on any atom is -0.404 e. The van der Waals surface area contributed by atoms with Crippen molar-refractivity contribution < 1.29 is 4.79 Å². The van der Waals surface area contributed by atoms with Crippen LogP contribution in [0.3, 0.4) is 0 Å². The second-order valence-corrected chi connectivity index (χ2v) is 6.82. The third-order valence-electron chi connectivity index (χ3n) is 4.94. The molecule has 4 aromatic rings. The first kappa shape index (κ1) is 19.1. The van der Waals surface area contributed by atoms with Gasteiger partial charge in [-0.1, -0.05) is 48.5 Å². The smallest absolute Gasteiger partial charge is 0.230 e. The van der Waals surface area contributed by atoms with Crippen molar-refractivity contribution in [1.82, 2.24) is 9.38 Å². The molecular weight excluding hydrogens is 374 g/mol. The normalized spacial score (nSPS) is 11.4. The molecule has 0 saturated heterocycles. The Bertz CT molecular complexity index is 1220. The number of nitrogens with two attached hydrogens (primary N) is 1. The molecule has 0 aliphatic heterocycles. The first-order valence-corrected chi connectivity index (χ1v) is 9.51. The van der Waals surface area contributed by atoms with Crippen molar-refractivity contribution in [2.75, 3.05) is 5.32 Å². The molecule has 2 aromatic heterocycles. The molecule has 0 aliphatic carbocycles. The van der Waals surface area contributed by atoms with Crippen molar-refractivity contribution in [1.29, 1.82) is 5.41 Å². The molecule has 30 heavy (non-hydrogen) atoms. The summed E-state index contributed by atoms with van der Waals surface area (Å²) >= 11 is 0. The second kappa shape index (κ2) is 8.45. The lowest BCUT2D eigenvalue weighted by atomic mass is 10.0. The molecule has 4 rings (SSSR count). The molecule has 0 radical (unpaired) electrons. The summed E-state index contributed by atoms with van der Waals surface area (Å²) in [7, 11) is 0. The average molecular weight is 395 g/mol. The molecular formula is C24H21N5O. The van der Waals surface area contributed by atoms with Gasteiger partial charge in [0, 0.05) is 34.9 Å². The molecule has 2 heterocycles. The Labute approximate surface area is 174 Å². The van der Waals surface area contributed by atoms with Crippen LogP contribution in [-0.4, -0.2) is 21.5 Å². The van der Waals surface area contributed by atoms with Crippen molar-refractivity contribution in [3.05, 3.63) is 96.7 Å². The van der Waals surface area contributed by atoms with E-state index in [2.05, 4.69) is 10.3 Å². The molecule has 0 saturated carbocycles. The van der Waals surface area contributed by atoms with Crippen LogP contribution < -0.4 is 11.1 Å². The third kappa shape index (κ3) is 3.84. The standard InChI is InChI=1S/C24H21N5O/c25-13-19(14-26)17-6-8-20(9-7-17)28-24(30)12-23-22(18-4-2-1-3-5-18)11-10-21-15-27-16-29(21)23/h1-11,13-16,25H,12,26H2,(H,28,30)/b19-14+,25-13?. The Morgan fingerprint density at radius 2 is 1.83 bits per heavy atom. The molecule has 4 N–H and O–H groups in total. The molecule has 6 heteroatoms. The number of hydrogen-bond acceptors (Lipinski definition) is 4. The molecule has 0 bridgehead atoms. The fourth-order valence-corrected chi connectivity index (χ4v) is 3.44. The zero-order valence-electron chi connectivity index (χ0n) is 16.2. The van der Waals surface area contributed by atoms with Crippen molar-refractivity contribution in [3.8, 4) is 11.1 Å². The van der Waals surface area contributed by atoms with Gasteiger partial charge in [-0.2, -0.15) is 0 Å². The summed E-state index contributed by atoms with van der Waals surface area (Å²) < 4.78 is 1.95. The topological polar surface area (TPSA) is 96.3 Å². The van der Waals surface area contributed by atoms with Gasteiger partial charge in [-0.15, -0.1) is 0 Å². The summed E-state index contributed by atoms with van der Waals surface area (Å²) in [6.07, 6.45) is 6.30. The first-order valence-electron chi connectivity index (χ1n) is 9.51. The van der Waals surface area contributed by atoms with E-state index in [4.69, 9.17) is 11.1 Å². The van der Waals surface area contributed by atoms with E-state index in [9.17, 15) is 4.79 Å². The van der Waals surface area contributed by atoms with Crippen LogP contribution in [0.15, 0.2) is 85.5 Å². The number of carbonyl (C=O) groups is 1. The largest absolute Gasteiger partial charge is 0.404 e. The van der Waals surface area contributed by atoms with Crippen LogP contribution in [0.2, 0.25) is 0 Å². The van der Waals surface area contributed by atoms with Crippen molar-refractivity contribution in [3.63, 3.8) is 0 Å². The van der Waals surface area contributed by atoms with E-state index < -0.39 is 0 Å². The Balaban J connectivity index is 1.60. The SMILES string of the molecule is N=C/C(=C\N)c1ccc(NC(=O)Cc2c(-c3ccccc3)ccc3cncn23)cc1. The van der Waals surface area contributed by atoms with Gasteiger partial charge < -0.3 is 20.9 Å². The molecule has 6 nitrogen and oxygen atoms in total. The summed E-state index contributed by atoms with van der Waals surface area (Å²) in [4.78, 5) is 17.1. The summed E-state index contributed by atoms with van der Waals surface area (Å²) in [5, 5.41) is 10.3. The first-order chi connectivity index (χ1) is 14.7.